The molecular formula is C10H10N4O2. The number of methoxy groups -OCH3 is 1. The number of carbonyl (C=O) groups excluding carboxylic acids is 1. The fraction of sp³-hybridized carbons (Fsp3) is 0.300. The van der Waals surface area contributed by atoms with Crippen molar-refractivity contribution in [1.29, 1.82) is 5.26 Å². The summed E-state index contributed by atoms with van der Waals surface area (Å²) in [5.41, 5.74) is 3.62. The topological polar surface area (TPSA) is 78.2 Å². The first kappa shape index (κ1) is 10.2. The number of hydrazine groups is 1. The summed E-state index contributed by atoms with van der Waals surface area (Å²) in [5.74, 6) is 0.299. The monoisotopic (exact) mass is 218 g/mol. The fourth-order valence-corrected chi connectivity index (χ4v) is 1.51. The zero-order chi connectivity index (χ0) is 11.5. The van der Waals surface area contributed by atoms with Gasteiger partial charge in [0.25, 0.3) is 0 Å². The summed E-state index contributed by atoms with van der Waals surface area (Å²) in [7, 11) is 1.48. The lowest BCUT2D eigenvalue weighted by atomic mass is 10.3. The van der Waals surface area contributed by atoms with E-state index in [0.29, 0.717) is 24.5 Å². The third-order valence-electron chi connectivity index (χ3n) is 2.26. The molecule has 0 saturated carbocycles. The summed E-state index contributed by atoms with van der Waals surface area (Å²) in [6.07, 6.45) is 0.448. The van der Waals surface area contributed by atoms with E-state index in [1.165, 1.54) is 7.11 Å². The van der Waals surface area contributed by atoms with Gasteiger partial charge in [-0.05, 0) is 12.1 Å². The van der Waals surface area contributed by atoms with Crippen molar-refractivity contribution in [3.63, 3.8) is 0 Å². The van der Waals surface area contributed by atoms with Gasteiger partial charge >= 0.3 is 0 Å². The maximum atomic E-state index is 11.1. The van der Waals surface area contributed by atoms with Gasteiger partial charge in [-0.15, -0.1) is 0 Å². The Morgan fingerprint density at radius 2 is 2.44 bits per heavy atom. The van der Waals surface area contributed by atoms with Gasteiger partial charge in [0.1, 0.15) is 17.5 Å². The van der Waals surface area contributed by atoms with Gasteiger partial charge in [-0.25, -0.2) is 4.98 Å². The second kappa shape index (κ2) is 4.06. The number of rotatable bonds is 2. The first-order valence-corrected chi connectivity index (χ1v) is 4.76. The van der Waals surface area contributed by atoms with E-state index in [1.807, 2.05) is 6.07 Å². The summed E-state index contributed by atoms with van der Waals surface area (Å²) >= 11 is 0. The van der Waals surface area contributed by atoms with Crippen LogP contribution in [0.2, 0.25) is 0 Å². The number of nitrogens with one attached hydrogen (secondary N) is 1. The molecule has 1 aromatic heterocycles. The number of anilines is 1. The van der Waals surface area contributed by atoms with Crippen LogP contribution in [-0.4, -0.2) is 24.5 Å². The molecule has 16 heavy (non-hydrogen) atoms. The van der Waals surface area contributed by atoms with Crippen LogP contribution >= 0.6 is 0 Å². The largest absolute Gasteiger partial charge is 0.479 e. The van der Waals surface area contributed by atoms with E-state index in [2.05, 4.69) is 10.4 Å². The van der Waals surface area contributed by atoms with E-state index < -0.39 is 0 Å². The lowest BCUT2D eigenvalue weighted by Gasteiger charge is -2.18. The highest BCUT2D eigenvalue weighted by atomic mass is 16.5. The molecule has 2 rings (SSSR count). The van der Waals surface area contributed by atoms with E-state index in [-0.39, 0.29) is 11.6 Å². The third kappa shape index (κ3) is 1.75. The summed E-state index contributed by atoms with van der Waals surface area (Å²) < 4.78 is 5.08. The van der Waals surface area contributed by atoms with E-state index in [1.54, 1.807) is 17.1 Å². The number of nitrogens with zero attached hydrogens (tertiary/aromatic N) is 3. The van der Waals surface area contributed by atoms with E-state index >= 15 is 0 Å². The Hall–Kier alpha value is -2.29. The van der Waals surface area contributed by atoms with Crippen molar-refractivity contribution in [3.8, 4) is 11.9 Å². The predicted molar refractivity (Wildman–Crippen MR) is 55.6 cm³/mol. The van der Waals surface area contributed by atoms with Gasteiger partial charge in [-0.1, -0.05) is 0 Å². The minimum absolute atomic E-state index is 0.0357. The van der Waals surface area contributed by atoms with Gasteiger partial charge < -0.3 is 4.74 Å². The number of pyridine rings is 1. The van der Waals surface area contributed by atoms with Crippen LogP contribution in [-0.2, 0) is 4.79 Å². The molecule has 2 heterocycles. The molecule has 1 N–H and O–H groups in total. The summed E-state index contributed by atoms with van der Waals surface area (Å²) in [4.78, 5) is 15.1. The molecule has 0 aliphatic carbocycles. The van der Waals surface area contributed by atoms with Gasteiger partial charge in [-0.3, -0.25) is 15.2 Å². The van der Waals surface area contributed by atoms with Crippen LogP contribution in [0.3, 0.4) is 0 Å². The van der Waals surface area contributed by atoms with E-state index in [4.69, 9.17) is 10.00 Å². The lowest BCUT2D eigenvalue weighted by molar-refractivity contribution is -0.119. The number of nitriles is 1. The Bertz CT molecular complexity index is 466. The molecule has 1 aliphatic rings. The van der Waals surface area contributed by atoms with Gasteiger partial charge in [0, 0.05) is 13.0 Å². The number of carbonyl (C=O) groups is 1. The van der Waals surface area contributed by atoms with Gasteiger partial charge in [0.15, 0.2) is 0 Å². The van der Waals surface area contributed by atoms with Crippen molar-refractivity contribution >= 4 is 11.6 Å². The van der Waals surface area contributed by atoms with Crippen molar-refractivity contribution in [2.24, 2.45) is 0 Å². The maximum absolute atomic E-state index is 11.1. The lowest BCUT2D eigenvalue weighted by Crippen LogP contribution is -2.33. The summed E-state index contributed by atoms with van der Waals surface area (Å²) in [6.45, 7) is 0.572. The average molecular weight is 218 g/mol. The molecule has 1 fully saturated rings. The number of ether oxygens (including phenoxy) is 1. The van der Waals surface area contributed by atoms with E-state index in [0.717, 1.165) is 0 Å². The predicted octanol–water partition coefficient (Wildman–Crippen LogP) is 0.203. The number of hydrogen-bond acceptors (Lipinski definition) is 5. The Morgan fingerprint density at radius 1 is 1.62 bits per heavy atom. The normalized spacial score (nSPS) is 14.5. The molecule has 82 valence electrons. The zero-order valence-corrected chi connectivity index (χ0v) is 8.73. The number of hydrogen-bond donors (Lipinski definition) is 1. The molecule has 6 heteroatoms. The van der Waals surface area contributed by atoms with Crippen LogP contribution in [0.5, 0.6) is 5.88 Å². The van der Waals surface area contributed by atoms with Crippen molar-refractivity contribution in [2.45, 2.75) is 6.42 Å². The van der Waals surface area contributed by atoms with Crippen molar-refractivity contribution < 1.29 is 9.53 Å². The Balaban J connectivity index is 2.34. The summed E-state index contributed by atoms with van der Waals surface area (Å²) in [5, 5.41) is 10.4. The third-order valence-corrected chi connectivity index (χ3v) is 2.26. The van der Waals surface area contributed by atoms with Crippen LogP contribution in [0, 0.1) is 11.3 Å². The molecule has 1 amide bonds. The Labute approximate surface area is 92.4 Å². The van der Waals surface area contributed by atoms with Crippen molar-refractivity contribution in [2.75, 3.05) is 18.7 Å². The average Bonchev–Trinajstić information content (AvgIpc) is 2.74. The van der Waals surface area contributed by atoms with Crippen molar-refractivity contribution in [1.82, 2.24) is 10.4 Å². The molecule has 0 spiro atoms. The van der Waals surface area contributed by atoms with Gasteiger partial charge in [-0.2, -0.15) is 5.26 Å². The van der Waals surface area contributed by atoms with E-state index in [9.17, 15) is 4.79 Å². The molecule has 6 nitrogen and oxygen atoms in total. The fourth-order valence-electron chi connectivity index (χ4n) is 1.51. The standard InChI is InChI=1S/C10H10N4O2/c1-16-10-8(3-2-7(6-11)12-10)14-5-4-9(15)13-14/h2-3H,4-5H2,1H3,(H,13,15). The SMILES string of the molecule is COc1nc(C#N)ccc1N1CCC(=O)N1. The van der Waals surface area contributed by atoms with Crippen LogP contribution in [0.1, 0.15) is 12.1 Å². The first-order valence-electron chi connectivity index (χ1n) is 4.76. The molecule has 1 aliphatic heterocycles. The quantitative estimate of drug-likeness (QED) is 0.767. The van der Waals surface area contributed by atoms with Gasteiger partial charge in [0.2, 0.25) is 11.8 Å². The smallest absolute Gasteiger partial charge is 0.240 e. The van der Waals surface area contributed by atoms with Crippen LogP contribution in [0.15, 0.2) is 12.1 Å². The molecule has 0 atom stereocenters. The zero-order valence-electron chi connectivity index (χ0n) is 8.73. The highest BCUT2D eigenvalue weighted by molar-refractivity contribution is 5.82. The number of amides is 1. The second-order valence-electron chi connectivity index (χ2n) is 3.27. The minimum Gasteiger partial charge on any atom is -0.479 e. The van der Waals surface area contributed by atoms with Crippen molar-refractivity contribution in [3.05, 3.63) is 17.8 Å². The highest BCUT2D eigenvalue weighted by Crippen LogP contribution is 2.26. The maximum Gasteiger partial charge on any atom is 0.240 e. The highest BCUT2D eigenvalue weighted by Gasteiger charge is 2.22. The molecule has 1 aromatic rings. The molecule has 1 saturated heterocycles. The molecule has 0 bridgehead atoms. The molecular weight excluding hydrogens is 208 g/mol. The second-order valence-corrected chi connectivity index (χ2v) is 3.27. The van der Waals surface area contributed by atoms with Crippen LogP contribution < -0.4 is 15.2 Å². The molecule has 0 unspecified atom stereocenters. The molecule has 0 radical (unpaired) electrons. The van der Waals surface area contributed by atoms with Gasteiger partial charge in [0.05, 0.1) is 7.11 Å². The van der Waals surface area contributed by atoms with Crippen LogP contribution in [0.4, 0.5) is 5.69 Å². The molecule has 0 aromatic carbocycles. The van der Waals surface area contributed by atoms with Crippen LogP contribution in [0.25, 0.3) is 0 Å². The minimum atomic E-state index is -0.0357. The number of aromatic nitrogens is 1. The summed E-state index contributed by atoms with van der Waals surface area (Å²) in [6, 6.07) is 5.22. The Kier molecular flexibility index (Phi) is 2.60. The first-order chi connectivity index (χ1) is 7.74. The Morgan fingerprint density at radius 3 is 3.00 bits per heavy atom.